The highest BCUT2D eigenvalue weighted by molar-refractivity contribution is 9.11. The molecule has 4 nitrogen and oxygen atoms in total. The number of alkyl halides is 3. The molecule has 1 aromatic carbocycles. The van der Waals surface area contributed by atoms with Crippen molar-refractivity contribution in [2.75, 3.05) is 4.72 Å². The summed E-state index contributed by atoms with van der Waals surface area (Å²) in [6.45, 7) is 1.71. The minimum absolute atomic E-state index is 0.0104. The summed E-state index contributed by atoms with van der Waals surface area (Å²) in [4.78, 5) is 0. The number of phenols is 1. The highest BCUT2D eigenvalue weighted by Gasteiger charge is 2.34. The van der Waals surface area contributed by atoms with Gasteiger partial charge in [-0.1, -0.05) is 0 Å². The number of thiophene rings is 1. The molecular formula is C12H9BrF3NO3S2. The Morgan fingerprint density at radius 3 is 2.36 bits per heavy atom. The van der Waals surface area contributed by atoms with Gasteiger partial charge in [0.25, 0.3) is 10.0 Å². The van der Waals surface area contributed by atoms with Gasteiger partial charge in [-0.2, -0.15) is 13.2 Å². The minimum Gasteiger partial charge on any atom is -0.507 e. The number of rotatable bonds is 3. The number of aryl methyl sites for hydroxylation is 1. The molecule has 0 radical (unpaired) electrons. The zero-order valence-corrected chi connectivity index (χ0v) is 14.1. The second kappa shape index (κ2) is 5.74. The standard InChI is InChI=1S/C12H9BrF3NO3S2/c1-6-4-10(21-11(6)13)22(19,20)17-7-2-3-8(9(18)5-7)12(14,15)16/h2-5,17-18H,1H3. The molecule has 1 heterocycles. The first-order valence-corrected chi connectivity index (χ1v) is 8.79. The van der Waals surface area contributed by atoms with Gasteiger partial charge in [0.2, 0.25) is 0 Å². The second-order valence-electron chi connectivity index (χ2n) is 4.36. The van der Waals surface area contributed by atoms with Crippen LogP contribution in [0.5, 0.6) is 5.75 Å². The van der Waals surface area contributed by atoms with Crippen molar-refractivity contribution >= 4 is 43.0 Å². The summed E-state index contributed by atoms with van der Waals surface area (Å²) in [6, 6.07) is 3.70. The van der Waals surface area contributed by atoms with Crippen LogP contribution in [0.25, 0.3) is 0 Å². The molecule has 0 atom stereocenters. The summed E-state index contributed by atoms with van der Waals surface area (Å²) in [5.74, 6) is -1.05. The first-order valence-electron chi connectivity index (χ1n) is 5.69. The van der Waals surface area contributed by atoms with Crippen LogP contribution >= 0.6 is 27.3 Å². The smallest absolute Gasteiger partial charge is 0.419 e. The van der Waals surface area contributed by atoms with Crippen LogP contribution in [0.1, 0.15) is 11.1 Å². The molecule has 1 aromatic heterocycles. The summed E-state index contributed by atoms with van der Waals surface area (Å²) in [5.41, 5.74) is -0.668. The predicted molar refractivity (Wildman–Crippen MR) is 80.7 cm³/mol. The minimum atomic E-state index is -4.71. The average molecular weight is 416 g/mol. The zero-order valence-electron chi connectivity index (χ0n) is 10.9. The van der Waals surface area contributed by atoms with Gasteiger partial charge < -0.3 is 5.11 Å². The Bertz CT molecular complexity index is 796. The van der Waals surface area contributed by atoms with Gasteiger partial charge in [0.15, 0.2) is 0 Å². The fraction of sp³-hybridized carbons (Fsp3) is 0.167. The maximum atomic E-state index is 12.5. The number of nitrogens with one attached hydrogen (secondary N) is 1. The van der Waals surface area contributed by atoms with Crippen LogP contribution in [0.4, 0.5) is 18.9 Å². The molecule has 2 rings (SSSR count). The van der Waals surface area contributed by atoms with E-state index in [9.17, 15) is 26.7 Å². The lowest BCUT2D eigenvalue weighted by Gasteiger charge is -2.11. The van der Waals surface area contributed by atoms with Crippen LogP contribution in [-0.4, -0.2) is 13.5 Å². The maximum Gasteiger partial charge on any atom is 0.419 e. The van der Waals surface area contributed by atoms with Gasteiger partial charge in [-0.25, -0.2) is 8.42 Å². The Labute approximate surface area is 136 Å². The average Bonchev–Trinajstić information content (AvgIpc) is 2.68. The summed E-state index contributed by atoms with van der Waals surface area (Å²) >= 11 is 4.17. The number of hydrogen-bond donors (Lipinski definition) is 2. The van der Waals surface area contributed by atoms with Crippen molar-refractivity contribution in [3.05, 3.63) is 39.2 Å². The Hall–Kier alpha value is -1.26. The van der Waals surface area contributed by atoms with Crippen LogP contribution in [0.2, 0.25) is 0 Å². The Morgan fingerprint density at radius 2 is 1.91 bits per heavy atom. The zero-order chi connectivity index (χ0) is 16.7. The van der Waals surface area contributed by atoms with Crippen LogP contribution in [0.3, 0.4) is 0 Å². The molecule has 10 heteroatoms. The normalized spacial score (nSPS) is 12.4. The number of aromatic hydroxyl groups is 1. The Balaban J connectivity index is 2.33. The van der Waals surface area contributed by atoms with Crippen LogP contribution in [0, 0.1) is 6.92 Å². The van der Waals surface area contributed by atoms with E-state index in [0.717, 1.165) is 29.0 Å². The van der Waals surface area contributed by atoms with Crippen molar-refractivity contribution < 1.29 is 26.7 Å². The third-order valence-electron chi connectivity index (χ3n) is 2.65. The molecule has 0 aliphatic heterocycles. The lowest BCUT2D eigenvalue weighted by molar-refractivity contribution is -0.138. The van der Waals surface area contributed by atoms with E-state index in [2.05, 4.69) is 20.7 Å². The lowest BCUT2D eigenvalue weighted by Crippen LogP contribution is -2.12. The van der Waals surface area contributed by atoms with Gasteiger partial charge in [0.05, 0.1) is 15.0 Å². The number of anilines is 1. The molecule has 120 valence electrons. The van der Waals surface area contributed by atoms with Crippen LogP contribution in [-0.2, 0) is 16.2 Å². The molecule has 2 aromatic rings. The number of sulfonamides is 1. The third-order valence-corrected chi connectivity index (χ3v) is 6.65. The van der Waals surface area contributed by atoms with Crippen molar-refractivity contribution in [3.63, 3.8) is 0 Å². The molecule has 0 fully saturated rings. The van der Waals surface area contributed by atoms with E-state index < -0.39 is 27.5 Å². The predicted octanol–water partition coefficient (Wildman–Crippen LogP) is 4.34. The first-order chi connectivity index (χ1) is 10.0. The summed E-state index contributed by atoms with van der Waals surface area (Å²) in [7, 11) is -3.93. The highest BCUT2D eigenvalue weighted by atomic mass is 79.9. The highest BCUT2D eigenvalue weighted by Crippen LogP contribution is 2.37. The molecule has 0 amide bonds. The summed E-state index contributed by atoms with van der Waals surface area (Å²) in [5, 5.41) is 9.38. The van der Waals surface area contributed by atoms with Gasteiger partial charge in [-0.05, 0) is 46.6 Å². The maximum absolute atomic E-state index is 12.5. The summed E-state index contributed by atoms with van der Waals surface area (Å²) < 4.78 is 64.6. The Morgan fingerprint density at radius 1 is 1.27 bits per heavy atom. The molecule has 0 saturated heterocycles. The Kier molecular flexibility index (Phi) is 4.46. The molecule has 0 aliphatic rings. The first kappa shape index (κ1) is 17.1. The van der Waals surface area contributed by atoms with Gasteiger partial charge >= 0.3 is 6.18 Å². The number of halogens is 4. The monoisotopic (exact) mass is 415 g/mol. The SMILES string of the molecule is Cc1cc(S(=O)(=O)Nc2ccc(C(F)(F)F)c(O)c2)sc1Br. The van der Waals surface area contributed by atoms with E-state index in [-0.39, 0.29) is 9.90 Å². The van der Waals surface area contributed by atoms with Crippen LogP contribution < -0.4 is 4.72 Å². The van der Waals surface area contributed by atoms with E-state index in [1.165, 1.54) is 6.07 Å². The van der Waals surface area contributed by atoms with E-state index in [4.69, 9.17) is 0 Å². The van der Waals surface area contributed by atoms with E-state index >= 15 is 0 Å². The molecule has 0 saturated carbocycles. The third kappa shape index (κ3) is 3.55. The molecule has 0 bridgehead atoms. The van der Waals surface area contributed by atoms with Gasteiger partial charge in [0, 0.05) is 6.07 Å². The van der Waals surface area contributed by atoms with Gasteiger partial charge in [0.1, 0.15) is 9.96 Å². The van der Waals surface area contributed by atoms with Crippen molar-refractivity contribution in [2.45, 2.75) is 17.3 Å². The number of phenolic OH excluding ortho intramolecular Hbond substituents is 1. The van der Waals surface area contributed by atoms with Crippen LogP contribution in [0.15, 0.2) is 32.3 Å². The molecular weight excluding hydrogens is 407 g/mol. The molecule has 0 aliphatic carbocycles. The van der Waals surface area contributed by atoms with Gasteiger partial charge in [-0.15, -0.1) is 11.3 Å². The van der Waals surface area contributed by atoms with Crippen molar-refractivity contribution in [1.29, 1.82) is 0 Å². The van der Waals surface area contributed by atoms with Gasteiger partial charge in [-0.3, -0.25) is 4.72 Å². The topological polar surface area (TPSA) is 66.4 Å². The summed E-state index contributed by atoms with van der Waals surface area (Å²) in [6.07, 6.45) is -4.71. The quantitative estimate of drug-likeness (QED) is 0.782. The fourth-order valence-electron chi connectivity index (χ4n) is 1.60. The number of benzene rings is 1. The molecule has 22 heavy (non-hydrogen) atoms. The second-order valence-corrected chi connectivity index (χ2v) is 8.64. The fourth-order valence-corrected chi connectivity index (χ4v) is 4.88. The largest absolute Gasteiger partial charge is 0.507 e. The van der Waals surface area contributed by atoms with E-state index in [0.29, 0.717) is 9.85 Å². The van der Waals surface area contributed by atoms with E-state index in [1.54, 1.807) is 6.92 Å². The number of hydrogen-bond acceptors (Lipinski definition) is 4. The lowest BCUT2D eigenvalue weighted by atomic mass is 10.2. The van der Waals surface area contributed by atoms with E-state index in [1.807, 2.05) is 0 Å². The van der Waals surface area contributed by atoms with Crippen molar-refractivity contribution in [2.24, 2.45) is 0 Å². The van der Waals surface area contributed by atoms with Crippen molar-refractivity contribution in [1.82, 2.24) is 0 Å². The molecule has 0 unspecified atom stereocenters. The molecule has 2 N–H and O–H groups in total. The molecule has 0 spiro atoms. The van der Waals surface area contributed by atoms with Crippen molar-refractivity contribution in [3.8, 4) is 5.75 Å².